The number of halogens is 1. The fraction of sp³-hybridized carbons (Fsp3) is 0.615. The molecular formula is C13H19ClN2O. The molecule has 1 atom stereocenters. The Balaban J connectivity index is 2.05. The molecule has 1 aromatic rings. The summed E-state index contributed by atoms with van der Waals surface area (Å²) < 4.78 is 5.71. The van der Waals surface area contributed by atoms with Gasteiger partial charge in [-0.05, 0) is 45.7 Å². The Labute approximate surface area is 108 Å². The number of hydrogen-bond donors (Lipinski definition) is 1. The van der Waals surface area contributed by atoms with Crippen molar-refractivity contribution in [3.05, 3.63) is 23.0 Å². The second-order valence-corrected chi connectivity index (χ2v) is 5.60. The van der Waals surface area contributed by atoms with Crippen LogP contribution >= 0.6 is 11.6 Å². The van der Waals surface area contributed by atoms with Gasteiger partial charge in [-0.25, -0.2) is 4.98 Å². The summed E-state index contributed by atoms with van der Waals surface area (Å²) in [5.74, 6) is 0. The van der Waals surface area contributed by atoms with Gasteiger partial charge in [-0.1, -0.05) is 11.6 Å². The fourth-order valence-electron chi connectivity index (χ4n) is 2.26. The molecule has 0 spiro atoms. The highest BCUT2D eigenvalue weighted by Crippen LogP contribution is 2.27. The number of hydrogen-bond acceptors (Lipinski definition) is 3. The maximum absolute atomic E-state index is 5.85. The van der Waals surface area contributed by atoms with E-state index in [2.05, 4.69) is 24.1 Å². The van der Waals surface area contributed by atoms with Gasteiger partial charge in [0.05, 0.1) is 17.0 Å². The van der Waals surface area contributed by atoms with E-state index in [0.29, 0.717) is 11.2 Å². The molecular weight excluding hydrogens is 236 g/mol. The fourth-order valence-corrected chi connectivity index (χ4v) is 2.45. The van der Waals surface area contributed by atoms with Crippen LogP contribution in [0.15, 0.2) is 12.1 Å². The molecule has 1 unspecified atom stereocenters. The van der Waals surface area contributed by atoms with Crippen LogP contribution in [-0.4, -0.2) is 23.2 Å². The molecule has 0 radical (unpaired) electrons. The van der Waals surface area contributed by atoms with Gasteiger partial charge in [0.25, 0.3) is 0 Å². The third-order valence-corrected chi connectivity index (χ3v) is 3.32. The Hall–Kier alpha value is -0.800. The van der Waals surface area contributed by atoms with Crippen molar-refractivity contribution in [2.75, 3.05) is 11.9 Å². The van der Waals surface area contributed by atoms with Gasteiger partial charge in [0.1, 0.15) is 5.15 Å². The monoisotopic (exact) mass is 254 g/mol. The van der Waals surface area contributed by atoms with E-state index in [-0.39, 0.29) is 5.60 Å². The zero-order valence-electron chi connectivity index (χ0n) is 10.6. The predicted octanol–water partition coefficient (Wildman–Crippen LogP) is 3.41. The summed E-state index contributed by atoms with van der Waals surface area (Å²) in [7, 11) is 0. The van der Waals surface area contributed by atoms with E-state index in [0.717, 1.165) is 30.8 Å². The van der Waals surface area contributed by atoms with Crippen LogP contribution in [0.2, 0.25) is 5.15 Å². The summed E-state index contributed by atoms with van der Waals surface area (Å²) in [6.07, 6.45) is 2.04. The molecule has 1 aliphatic heterocycles. The molecule has 2 heterocycles. The standard InChI is InChI=1S/C13H19ClN2O/c1-9-11(4-5-12(14)15-9)16-10-6-7-17-13(2,3)8-10/h4-5,10,16H,6-8H2,1-3H3. The summed E-state index contributed by atoms with van der Waals surface area (Å²) in [4.78, 5) is 4.25. The van der Waals surface area contributed by atoms with Crippen molar-refractivity contribution in [3.8, 4) is 0 Å². The molecule has 0 saturated carbocycles. The third kappa shape index (κ3) is 3.33. The van der Waals surface area contributed by atoms with E-state index < -0.39 is 0 Å². The smallest absolute Gasteiger partial charge is 0.129 e. The number of aryl methyl sites for hydroxylation is 1. The number of nitrogens with zero attached hydrogens (tertiary/aromatic N) is 1. The van der Waals surface area contributed by atoms with Crippen LogP contribution in [0.4, 0.5) is 5.69 Å². The summed E-state index contributed by atoms with van der Waals surface area (Å²) >= 11 is 5.85. The van der Waals surface area contributed by atoms with Crippen LogP contribution in [-0.2, 0) is 4.74 Å². The highest BCUT2D eigenvalue weighted by molar-refractivity contribution is 6.29. The molecule has 0 aliphatic carbocycles. The van der Waals surface area contributed by atoms with Crippen LogP contribution < -0.4 is 5.32 Å². The first kappa shape index (κ1) is 12.7. The van der Waals surface area contributed by atoms with E-state index in [9.17, 15) is 0 Å². The lowest BCUT2D eigenvalue weighted by atomic mass is 9.94. The molecule has 17 heavy (non-hydrogen) atoms. The van der Waals surface area contributed by atoms with E-state index in [4.69, 9.17) is 16.3 Å². The number of anilines is 1. The summed E-state index contributed by atoms with van der Waals surface area (Å²) in [6.45, 7) is 7.05. The molecule has 0 aromatic carbocycles. The second-order valence-electron chi connectivity index (χ2n) is 5.21. The van der Waals surface area contributed by atoms with E-state index in [1.807, 2.05) is 19.1 Å². The van der Waals surface area contributed by atoms with Crippen molar-refractivity contribution in [1.82, 2.24) is 4.98 Å². The van der Waals surface area contributed by atoms with Crippen molar-refractivity contribution in [3.63, 3.8) is 0 Å². The van der Waals surface area contributed by atoms with Crippen molar-refractivity contribution in [2.24, 2.45) is 0 Å². The molecule has 1 fully saturated rings. The highest BCUT2D eigenvalue weighted by atomic mass is 35.5. The quantitative estimate of drug-likeness (QED) is 0.822. The van der Waals surface area contributed by atoms with Gasteiger partial charge >= 0.3 is 0 Å². The Morgan fingerprint density at radius 2 is 2.24 bits per heavy atom. The minimum atomic E-state index is -0.0380. The summed E-state index contributed by atoms with van der Waals surface area (Å²) in [5, 5.41) is 4.07. The molecule has 0 bridgehead atoms. The van der Waals surface area contributed by atoms with Crippen molar-refractivity contribution >= 4 is 17.3 Å². The van der Waals surface area contributed by atoms with Crippen LogP contribution in [0, 0.1) is 6.92 Å². The summed E-state index contributed by atoms with van der Waals surface area (Å²) in [6, 6.07) is 4.26. The highest BCUT2D eigenvalue weighted by Gasteiger charge is 2.28. The normalized spacial score (nSPS) is 23.4. The van der Waals surface area contributed by atoms with Gasteiger partial charge in [-0.2, -0.15) is 0 Å². The molecule has 94 valence electrons. The largest absolute Gasteiger partial charge is 0.381 e. The number of aromatic nitrogens is 1. The Bertz CT molecular complexity index is 406. The SMILES string of the molecule is Cc1nc(Cl)ccc1NC1CCOC(C)(C)C1. The van der Waals surface area contributed by atoms with Crippen molar-refractivity contribution < 1.29 is 4.74 Å². The van der Waals surface area contributed by atoms with E-state index in [1.54, 1.807) is 0 Å². The molecule has 3 nitrogen and oxygen atoms in total. The van der Waals surface area contributed by atoms with Crippen LogP contribution in [0.5, 0.6) is 0 Å². The predicted molar refractivity (Wildman–Crippen MR) is 70.7 cm³/mol. The van der Waals surface area contributed by atoms with Gasteiger partial charge in [-0.3, -0.25) is 0 Å². The van der Waals surface area contributed by atoms with Crippen LogP contribution in [0.1, 0.15) is 32.4 Å². The lowest BCUT2D eigenvalue weighted by molar-refractivity contribution is -0.0553. The zero-order valence-corrected chi connectivity index (χ0v) is 11.3. The van der Waals surface area contributed by atoms with Gasteiger partial charge in [0, 0.05) is 12.6 Å². The van der Waals surface area contributed by atoms with Gasteiger partial charge in [0.15, 0.2) is 0 Å². The zero-order chi connectivity index (χ0) is 12.5. The molecule has 1 aromatic heterocycles. The minimum absolute atomic E-state index is 0.0380. The number of ether oxygens (including phenoxy) is 1. The molecule has 1 N–H and O–H groups in total. The first-order valence-electron chi connectivity index (χ1n) is 6.00. The molecule has 2 rings (SSSR count). The summed E-state index contributed by atoms with van der Waals surface area (Å²) in [5.41, 5.74) is 1.97. The Morgan fingerprint density at radius 3 is 2.88 bits per heavy atom. The molecule has 4 heteroatoms. The van der Waals surface area contributed by atoms with Crippen molar-refractivity contribution in [2.45, 2.75) is 45.3 Å². The minimum Gasteiger partial charge on any atom is -0.381 e. The first-order valence-corrected chi connectivity index (χ1v) is 6.38. The van der Waals surface area contributed by atoms with Gasteiger partial charge < -0.3 is 10.1 Å². The van der Waals surface area contributed by atoms with Crippen LogP contribution in [0.3, 0.4) is 0 Å². The Kier molecular flexibility index (Phi) is 3.59. The lowest BCUT2D eigenvalue weighted by Gasteiger charge is -2.36. The second kappa shape index (κ2) is 4.83. The van der Waals surface area contributed by atoms with E-state index >= 15 is 0 Å². The Morgan fingerprint density at radius 1 is 1.47 bits per heavy atom. The number of nitrogens with one attached hydrogen (secondary N) is 1. The van der Waals surface area contributed by atoms with Crippen molar-refractivity contribution in [1.29, 1.82) is 0 Å². The molecule has 0 amide bonds. The average molecular weight is 255 g/mol. The van der Waals surface area contributed by atoms with Gasteiger partial charge in [0.2, 0.25) is 0 Å². The van der Waals surface area contributed by atoms with Crippen LogP contribution in [0.25, 0.3) is 0 Å². The molecule has 1 aliphatic rings. The number of pyridine rings is 1. The third-order valence-electron chi connectivity index (χ3n) is 3.11. The lowest BCUT2D eigenvalue weighted by Crippen LogP contribution is -2.40. The average Bonchev–Trinajstić information content (AvgIpc) is 2.21. The van der Waals surface area contributed by atoms with E-state index in [1.165, 1.54) is 0 Å². The van der Waals surface area contributed by atoms with Gasteiger partial charge in [-0.15, -0.1) is 0 Å². The maximum atomic E-state index is 5.85. The topological polar surface area (TPSA) is 34.2 Å². The first-order chi connectivity index (χ1) is 7.96. The maximum Gasteiger partial charge on any atom is 0.129 e. The number of rotatable bonds is 2. The molecule has 1 saturated heterocycles.